The van der Waals surface area contributed by atoms with Crippen molar-refractivity contribution in [3.8, 4) is 0 Å². The van der Waals surface area contributed by atoms with Gasteiger partial charge in [-0.3, -0.25) is 4.79 Å². The van der Waals surface area contributed by atoms with Crippen LogP contribution in [0.3, 0.4) is 0 Å². The highest BCUT2D eigenvalue weighted by Gasteiger charge is 2.15. The van der Waals surface area contributed by atoms with Gasteiger partial charge in [0.15, 0.2) is 0 Å². The van der Waals surface area contributed by atoms with Crippen LogP contribution in [0.15, 0.2) is 0 Å². The number of hydrogen-bond donors (Lipinski definition) is 1. The molecule has 1 unspecified atom stereocenters. The van der Waals surface area contributed by atoms with Crippen LogP contribution in [0.4, 0.5) is 0 Å². The predicted molar refractivity (Wildman–Crippen MR) is 93.8 cm³/mol. The third kappa shape index (κ3) is 12.9. The molecule has 4 heteroatoms. The Balaban J connectivity index is 3.59. The first-order valence-electron chi connectivity index (χ1n) is 7.66. The number of unbranched alkanes of at least 4 members (excludes halogenated alkanes) is 1. The van der Waals surface area contributed by atoms with Crippen molar-refractivity contribution in [3.63, 3.8) is 0 Å². The van der Waals surface area contributed by atoms with Gasteiger partial charge in [0.05, 0.1) is 0 Å². The van der Waals surface area contributed by atoms with Crippen LogP contribution in [0.5, 0.6) is 0 Å². The van der Waals surface area contributed by atoms with Gasteiger partial charge in [0, 0.05) is 11.7 Å². The average molecular weight is 319 g/mol. The number of rotatable bonds is 10. The SMILES string of the molecule is CCCC(=S)CCC(S)CCCCC(=O)OC(C)(C)C. The van der Waals surface area contributed by atoms with E-state index in [0.717, 1.165) is 44.9 Å². The Kier molecular flexibility index (Phi) is 10.6. The lowest BCUT2D eigenvalue weighted by molar-refractivity contribution is -0.154. The zero-order valence-electron chi connectivity index (χ0n) is 13.4. The number of esters is 1. The highest BCUT2D eigenvalue weighted by Crippen LogP contribution is 2.16. The fourth-order valence-electron chi connectivity index (χ4n) is 1.92. The molecule has 0 bridgehead atoms. The normalized spacial score (nSPS) is 13.1. The molecule has 0 aliphatic carbocycles. The Morgan fingerprint density at radius 3 is 2.35 bits per heavy atom. The molecule has 0 amide bonds. The van der Waals surface area contributed by atoms with Gasteiger partial charge in [-0.1, -0.05) is 32.0 Å². The first-order valence-corrected chi connectivity index (χ1v) is 8.58. The molecular weight excluding hydrogens is 288 g/mol. The number of ether oxygens (including phenoxy) is 1. The summed E-state index contributed by atoms with van der Waals surface area (Å²) in [5.41, 5.74) is -0.377. The Hall–Kier alpha value is -0.0900. The lowest BCUT2D eigenvalue weighted by atomic mass is 10.1. The molecule has 0 spiro atoms. The van der Waals surface area contributed by atoms with E-state index in [-0.39, 0.29) is 11.6 Å². The molecule has 0 saturated heterocycles. The topological polar surface area (TPSA) is 26.3 Å². The van der Waals surface area contributed by atoms with Crippen molar-refractivity contribution in [2.24, 2.45) is 0 Å². The minimum absolute atomic E-state index is 0.0997. The third-order valence-corrected chi connectivity index (χ3v) is 3.80. The minimum atomic E-state index is -0.377. The summed E-state index contributed by atoms with van der Waals surface area (Å²) in [6.07, 6.45) is 7.68. The van der Waals surface area contributed by atoms with Crippen LogP contribution in [0.25, 0.3) is 0 Å². The zero-order valence-corrected chi connectivity index (χ0v) is 15.1. The molecule has 0 N–H and O–H groups in total. The van der Waals surface area contributed by atoms with Crippen LogP contribution in [0.1, 0.15) is 79.1 Å². The quantitative estimate of drug-likeness (QED) is 0.261. The van der Waals surface area contributed by atoms with Gasteiger partial charge >= 0.3 is 5.97 Å². The molecule has 0 aromatic rings. The molecule has 0 aliphatic rings. The lowest BCUT2D eigenvalue weighted by Gasteiger charge is -2.19. The van der Waals surface area contributed by atoms with E-state index in [1.54, 1.807) is 0 Å². The summed E-state index contributed by atoms with van der Waals surface area (Å²) in [5.74, 6) is -0.0997. The molecule has 0 rings (SSSR count). The Labute approximate surface area is 135 Å². The van der Waals surface area contributed by atoms with E-state index in [9.17, 15) is 4.79 Å². The van der Waals surface area contributed by atoms with Crippen molar-refractivity contribution in [1.29, 1.82) is 0 Å². The monoisotopic (exact) mass is 318 g/mol. The smallest absolute Gasteiger partial charge is 0.306 e. The summed E-state index contributed by atoms with van der Waals surface area (Å²) in [4.78, 5) is 12.7. The van der Waals surface area contributed by atoms with Crippen molar-refractivity contribution in [1.82, 2.24) is 0 Å². The predicted octanol–water partition coefficient (Wildman–Crippen LogP) is 5.14. The summed E-state index contributed by atoms with van der Waals surface area (Å²) < 4.78 is 5.28. The summed E-state index contributed by atoms with van der Waals surface area (Å²) in [5, 5.41) is 0.392. The highest BCUT2D eigenvalue weighted by molar-refractivity contribution is 7.81. The molecule has 0 aliphatic heterocycles. The van der Waals surface area contributed by atoms with Crippen molar-refractivity contribution in [2.75, 3.05) is 0 Å². The summed E-state index contributed by atoms with van der Waals surface area (Å²) in [6, 6.07) is 0. The van der Waals surface area contributed by atoms with E-state index < -0.39 is 0 Å². The number of carbonyl (C=O) groups is 1. The molecule has 0 heterocycles. The summed E-state index contributed by atoms with van der Waals surface area (Å²) >= 11 is 9.89. The second-order valence-electron chi connectivity index (χ2n) is 6.31. The molecule has 0 aromatic heterocycles. The van der Waals surface area contributed by atoms with Gasteiger partial charge in [-0.05, 0) is 57.7 Å². The second kappa shape index (κ2) is 10.6. The largest absolute Gasteiger partial charge is 0.460 e. The van der Waals surface area contributed by atoms with Gasteiger partial charge in [0.25, 0.3) is 0 Å². The van der Waals surface area contributed by atoms with E-state index in [1.807, 2.05) is 20.8 Å². The molecular formula is C16H30O2S2. The van der Waals surface area contributed by atoms with Crippen LogP contribution in [-0.2, 0) is 9.53 Å². The van der Waals surface area contributed by atoms with Crippen LogP contribution < -0.4 is 0 Å². The summed E-state index contributed by atoms with van der Waals surface area (Å²) in [7, 11) is 0. The van der Waals surface area contributed by atoms with Gasteiger partial charge < -0.3 is 4.74 Å². The zero-order chi connectivity index (χ0) is 15.6. The van der Waals surface area contributed by atoms with Gasteiger partial charge in [0.2, 0.25) is 0 Å². The van der Waals surface area contributed by atoms with Gasteiger partial charge in [0.1, 0.15) is 5.60 Å². The molecule has 0 saturated carbocycles. The van der Waals surface area contributed by atoms with Crippen LogP contribution >= 0.6 is 24.8 Å². The molecule has 2 nitrogen and oxygen atoms in total. The fraction of sp³-hybridized carbons (Fsp3) is 0.875. The lowest BCUT2D eigenvalue weighted by Crippen LogP contribution is -2.23. The number of carbonyl (C=O) groups excluding carboxylic acids is 1. The third-order valence-electron chi connectivity index (χ3n) is 2.87. The van der Waals surface area contributed by atoms with Gasteiger partial charge in [-0.2, -0.15) is 12.6 Å². The maximum absolute atomic E-state index is 11.5. The van der Waals surface area contributed by atoms with E-state index in [0.29, 0.717) is 11.7 Å². The van der Waals surface area contributed by atoms with Crippen molar-refractivity contribution in [2.45, 2.75) is 89.9 Å². The van der Waals surface area contributed by atoms with E-state index in [2.05, 4.69) is 19.6 Å². The Morgan fingerprint density at radius 2 is 1.80 bits per heavy atom. The van der Waals surface area contributed by atoms with Crippen LogP contribution in [0, 0.1) is 0 Å². The van der Waals surface area contributed by atoms with Crippen molar-refractivity contribution >= 4 is 35.7 Å². The molecule has 0 fully saturated rings. The molecule has 1 atom stereocenters. The first kappa shape index (κ1) is 19.9. The molecule has 0 aromatic carbocycles. The number of hydrogen-bond acceptors (Lipinski definition) is 4. The maximum Gasteiger partial charge on any atom is 0.306 e. The average Bonchev–Trinajstić information content (AvgIpc) is 2.30. The number of thiocarbonyl (C=S) groups is 1. The second-order valence-corrected chi connectivity index (χ2v) is 7.62. The molecule has 118 valence electrons. The van der Waals surface area contributed by atoms with Crippen molar-refractivity contribution in [3.05, 3.63) is 0 Å². The molecule has 0 radical (unpaired) electrons. The van der Waals surface area contributed by atoms with Gasteiger partial charge in [-0.15, -0.1) is 0 Å². The minimum Gasteiger partial charge on any atom is -0.460 e. The van der Waals surface area contributed by atoms with Crippen LogP contribution in [-0.4, -0.2) is 21.7 Å². The standard InChI is InChI=1S/C16H30O2S2/c1-5-8-13(19)11-12-14(20)9-6-7-10-15(17)18-16(2,3)4/h14,20H,5-12H2,1-4H3. The van der Waals surface area contributed by atoms with Gasteiger partial charge in [-0.25, -0.2) is 0 Å². The highest BCUT2D eigenvalue weighted by atomic mass is 32.1. The van der Waals surface area contributed by atoms with Crippen LogP contribution in [0.2, 0.25) is 0 Å². The summed E-state index contributed by atoms with van der Waals surface area (Å²) in [6.45, 7) is 7.84. The van der Waals surface area contributed by atoms with E-state index >= 15 is 0 Å². The van der Waals surface area contributed by atoms with E-state index in [1.165, 1.54) is 4.86 Å². The number of thiol groups is 1. The Morgan fingerprint density at radius 1 is 1.15 bits per heavy atom. The Bertz CT molecular complexity index is 295. The van der Waals surface area contributed by atoms with E-state index in [4.69, 9.17) is 17.0 Å². The van der Waals surface area contributed by atoms with Crippen molar-refractivity contribution < 1.29 is 9.53 Å². The fourth-order valence-corrected chi connectivity index (χ4v) is 2.55. The first-order chi connectivity index (χ1) is 9.24. The maximum atomic E-state index is 11.5. The molecule has 20 heavy (non-hydrogen) atoms.